The first kappa shape index (κ1) is 13.1. The van der Waals surface area contributed by atoms with Crippen LogP contribution in [-0.4, -0.2) is 15.0 Å². The third-order valence-corrected chi connectivity index (χ3v) is 5.08. The van der Waals surface area contributed by atoms with Gasteiger partial charge < -0.3 is 0 Å². The van der Waals surface area contributed by atoms with Crippen molar-refractivity contribution in [2.75, 3.05) is 6.54 Å². The summed E-state index contributed by atoms with van der Waals surface area (Å²) in [4.78, 5) is 0.364. The van der Waals surface area contributed by atoms with Crippen molar-refractivity contribution >= 4 is 26.0 Å². The molecular weight excluding hydrogens is 302 g/mol. The molecule has 1 aromatic rings. The van der Waals surface area contributed by atoms with Gasteiger partial charge in [0.15, 0.2) is 0 Å². The highest BCUT2D eigenvalue weighted by Crippen LogP contribution is 2.31. The lowest BCUT2D eigenvalue weighted by Gasteiger charge is -2.09. The summed E-state index contributed by atoms with van der Waals surface area (Å²) in [6.07, 6.45) is 3.45. The van der Waals surface area contributed by atoms with E-state index in [1.165, 1.54) is 12.8 Å². The first-order valence-corrected chi connectivity index (χ1v) is 8.02. The number of sulfonamides is 1. The van der Waals surface area contributed by atoms with Gasteiger partial charge in [-0.05, 0) is 37.0 Å². The van der Waals surface area contributed by atoms with Crippen molar-refractivity contribution in [3.63, 3.8) is 0 Å². The van der Waals surface area contributed by atoms with Gasteiger partial charge in [0.25, 0.3) is 0 Å². The summed E-state index contributed by atoms with van der Waals surface area (Å²) < 4.78 is 27.6. The summed E-state index contributed by atoms with van der Waals surface area (Å²) in [5, 5.41) is 0. The van der Waals surface area contributed by atoms with Gasteiger partial charge in [-0.15, -0.1) is 0 Å². The van der Waals surface area contributed by atoms with Crippen molar-refractivity contribution < 1.29 is 8.42 Å². The van der Waals surface area contributed by atoms with E-state index in [4.69, 9.17) is 0 Å². The zero-order chi connectivity index (χ0) is 12.5. The van der Waals surface area contributed by atoms with Crippen LogP contribution < -0.4 is 4.72 Å². The molecule has 0 unspecified atom stereocenters. The van der Waals surface area contributed by atoms with Gasteiger partial charge in [0.2, 0.25) is 10.0 Å². The average Bonchev–Trinajstić information content (AvgIpc) is 3.05. The second-order valence-electron chi connectivity index (χ2n) is 4.54. The van der Waals surface area contributed by atoms with Gasteiger partial charge >= 0.3 is 0 Å². The molecule has 1 aliphatic rings. The molecule has 1 aromatic carbocycles. The van der Waals surface area contributed by atoms with E-state index in [0.29, 0.717) is 11.4 Å². The number of nitrogens with one attached hydrogen (secondary N) is 1. The smallest absolute Gasteiger partial charge is 0.211 e. The van der Waals surface area contributed by atoms with Crippen molar-refractivity contribution in [3.8, 4) is 0 Å². The van der Waals surface area contributed by atoms with Gasteiger partial charge in [0.05, 0.1) is 4.90 Å². The van der Waals surface area contributed by atoms with Crippen LogP contribution in [-0.2, 0) is 10.0 Å². The van der Waals surface area contributed by atoms with Gasteiger partial charge in [0.1, 0.15) is 0 Å². The van der Waals surface area contributed by atoms with E-state index >= 15 is 0 Å². The Morgan fingerprint density at radius 3 is 2.76 bits per heavy atom. The molecule has 94 valence electrons. The van der Waals surface area contributed by atoms with Crippen LogP contribution in [0.15, 0.2) is 27.6 Å². The Balaban J connectivity index is 2.09. The van der Waals surface area contributed by atoms with Crippen LogP contribution in [0, 0.1) is 12.8 Å². The van der Waals surface area contributed by atoms with Crippen molar-refractivity contribution in [2.24, 2.45) is 5.92 Å². The molecule has 17 heavy (non-hydrogen) atoms. The summed E-state index contributed by atoms with van der Waals surface area (Å²) in [7, 11) is -3.36. The lowest BCUT2D eigenvalue weighted by Crippen LogP contribution is -2.25. The van der Waals surface area contributed by atoms with Gasteiger partial charge in [-0.2, -0.15) is 0 Å². The van der Waals surface area contributed by atoms with E-state index in [-0.39, 0.29) is 0 Å². The summed E-state index contributed by atoms with van der Waals surface area (Å²) in [5.74, 6) is 0.737. The molecule has 3 nitrogen and oxygen atoms in total. The Morgan fingerprint density at radius 2 is 2.12 bits per heavy atom. The summed E-state index contributed by atoms with van der Waals surface area (Å²) in [5.41, 5.74) is 0.770. The molecule has 0 aliphatic heterocycles. The van der Waals surface area contributed by atoms with E-state index in [2.05, 4.69) is 20.7 Å². The molecule has 0 amide bonds. The molecule has 0 bridgehead atoms. The fraction of sp³-hybridized carbons (Fsp3) is 0.500. The number of hydrogen-bond acceptors (Lipinski definition) is 2. The molecule has 1 N–H and O–H groups in total. The predicted molar refractivity (Wildman–Crippen MR) is 71.4 cm³/mol. The zero-order valence-corrected chi connectivity index (χ0v) is 12.1. The normalized spacial score (nSPS) is 16.1. The summed E-state index contributed by atoms with van der Waals surface area (Å²) in [6.45, 7) is 2.35. The largest absolute Gasteiger partial charge is 0.240 e. The number of hydrogen-bond donors (Lipinski definition) is 1. The highest BCUT2D eigenvalue weighted by Gasteiger charge is 2.22. The molecule has 2 rings (SSSR count). The average molecular weight is 318 g/mol. The van der Waals surface area contributed by atoms with Crippen LogP contribution in [0.4, 0.5) is 0 Å². The lowest BCUT2D eigenvalue weighted by atomic mass is 10.2. The molecule has 0 saturated heterocycles. The first-order chi connectivity index (χ1) is 7.99. The second-order valence-corrected chi connectivity index (χ2v) is 7.19. The Bertz CT molecular complexity index is 509. The molecule has 0 radical (unpaired) electrons. The van der Waals surface area contributed by atoms with Crippen LogP contribution >= 0.6 is 15.9 Å². The number of halogens is 1. The number of benzene rings is 1. The standard InChI is InChI=1S/C12H16BrNO2S/c1-9-2-5-11(13)8-12(9)17(15,16)14-7-6-10-3-4-10/h2,5,8,10,14H,3-4,6-7H2,1H3. The molecule has 5 heteroatoms. The molecule has 1 fully saturated rings. The minimum Gasteiger partial charge on any atom is -0.211 e. The lowest BCUT2D eigenvalue weighted by molar-refractivity contribution is 0.574. The third kappa shape index (κ3) is 3.53. The zero-order valence-electron chi connectivity index (χ0n) is 9.74. The van der Waals surface area contributed by atoms with Gasteiger partial charge in [-0.3, -0.25) is 0 Å². The molecule has 1 aliphatic carbocycles. The number of aryl methyl sites for hydroxylation is 1. The third-order valence-electron chi connectivity index (χ3n) is 2.98. The number of rotatable bonds is 5. The quantitative estimate of drug-likeness (QED) is 0.907. The van der Waals surface area contributed by atoms with Crippen molar-refractivity contribution in [3.05, 3.63) is 28.2 Å². The molecule has 0 heterocycles. The summed E-state index contributed by atoms with van der Waals surface area (Å²) >= 11 is 3.30. The topological polar surface area (TPSA) is 46.2 Å². The van der Waals surface area contributed by atoms with Crippen LogP contribution in [0.25, 0.3) is 0 Å². The van der Waals surface area contributed by atoms with Crippen LogP contribution in [0.1, 0.15) is 24.8 Å². The van der Waals surface area contributed by atoms with Gasteiger partial charge in [-0.25, -0.2) is 13.1 Å². The molecule has 1 saturated carbocycles. The molecule has 0 atom stereocenters. The molecule has 0 spiro atoms. The minimum atomic E-state index is -3.36. The van der Waals surface area contributed by atoms with E-state index in [9.17, 15) is 8.42 Å². The Morgan fingerprint density at radius 1 is 1.41 bits per heavy atom. The molecule has 0 aromatic heterocycles. The maximum atomic E-state index is 12.1. The van der Waals surface area contributed by atoms with E-state index in [1.807, 2.05) is 13.0 Å². The SMILES string of the molecule is Cc1ccc(Br)cc1S(=O)(=O)NCCC1CC1. The monoisotopic (exact) mass is 317 g/mol. The van der Waals surface area contributed by atoms with Crippen molar-refractivity contribution in [1.29, 1.82) is 0 Å². The minimum absolute atomic E-state index is 0.364. The fourth-order valence-corrected chi connectivity index (χ4v) is 3.57. The van der Waals surface area contributed by atoms with Crippen molar-refractivity contribution in [2.45, 2.75) is 31.1 Å². The van der Waals surface area contributed by atoms with E-state index < -0.39 is 10.0 Å². The Hall–Kier alpha value is -0.390. The van der Waals surface area contributed by atoms with Crippen LogP contribution in [0.3, 0.4) is 0 Å². The second kappa shape index (κ2) is 5.08. The van der Waals surface area contributed by atoms with Crippen LogP contribution in [0.2, 0.25) is 0 Å². The first-order valence-electron chi connectivity index (χ1n) is 5.75. The highest BCUT2D eigenvalue weighted by atomic mass is 79.9. The Labute approximate surface area is 111 Å². The van der Waals surface area contributed by atoms with Crippen LogP contribution in [0.5, 0.6) is 0 Å². The van der Waals surface area contributed by atoms with Gasteiger partial charge in [0, 0.05) is 11.0 Å². The highest BCUT2D eigenvalue weighted by molar-refractivity contribution is 9.10. The van der Waals surface area contributed by atoms with E-state index in [0.717, 1.165) is 22.4 Å². The maximum Gasteiger partial charge on any atom is 0.240 e. The fourth-order valence-electron chi connectivity index (χ4n) is 1.75. The summed E-state index contributed by atoms with van der Waals surface area (Å²) in [6, 6.07) is 5.30. The van der Waals surface area contributed by atoms with Gasteiger partial charge in [-0.1, -0.05) is 34.8 Å². The Kier molecular flexibility index (Phi) is 3.90. The van der Waals surface area contributed by atoms with Crippen molar-refractivity contribution in [1.82, 2.24) is 4.72 Å². The predicted octanol–water partition coefficient (Wildman–Crippen LogP) is 2.84. The van der Waals surface area contributed by atoms with E-state index in [1.54, 1.807) is 12.1 Å². The molecular formula is C12H16BrNO2S. The maximum absolute atomic E-state index is 12.1.